The fourth-order valence-electron chi connectivity index (χ4n) is 2.97. The summed E-state index contributed by atoms with van der Waals surface area (Å²) in [5.41, 5.74) is 6.55. The van der Waals surface area contributed by atoms with Gasteiger partial charge in [0.15, 0.2) is 11.5 Å². The van der Waals surface area contributed by atoms with Crippen LogP contribution < -0.4 is 20.5 Å². The zero-order valence-electron chi connectivity index (χ0n) is 15.1. The summed E-state index contributed by atoms with van der Waals surface area (Å²) < 4.78 is 16.2. The Kier molecular flexibility index (Phi) is 7.97. The van der Waals surface area contributed by atoms with Crippen LogP contribution in [0, 0.1) is 0 Å². The molecule has 0 aromatic heterocycles. The molecular formula is C18H29N3O4. The van der Waals surface area contributed by atoms with E-state index in [4.69, 9.17) is 19.9 Å². The third-order valence-electron chi connectivity index (χ3n) is 4.38. The number of nitrogens with one attached hydrogen (secondary N) is 1. The number of carbonyl (C=O) groups is 1. The molecule has 1 atom stereocenters. The Hall–Kier alpha value is -1.83. The summed E-state index contributed by atoms with van der Waals surface area (Å²) in [5.74, 6) is 1.41. The predicted molar refractivity (Wildman–Crippen MR) is 96.0 cm³/mol. The number of rotatable bonds is 9. The minimum atomic E-state index is 0.0317. The number of carbonyl (C=O) groups excluding carboxylic acids is 1. The molecule has 1 aliphatic heterocycles. The topological polar surface area (TPSA) is 86.0 Å². The van der Waals surface area contributed by atoms with Crippen LogP contribution in [0.1, 0.15) is 24.4 Å². The summed E-state index contributed by atoms with van der Waals surface area (Å²) in [7, 11) is 3.24. The molecule has 1 saturated heterocycles. The van der Waals surface area contributed by atoms with Crippen molar-refractivity contribution in [2.75, 3.05) is 53.6 Å². The quantitative estimate of drug-likeness (QED) is 0.688. The highest BCUT2D eigenvalue weighted by Gasteiger charge is 2.24. The van der Waals surface area contributed by atoms with Gasteiger partial charge in [-0.3, -0.25) is 9.69 Å². The van der Waals surface area contributed by atoms with E-state index in [1.807, 2.05) is 18.2 Å². The summed E-state index contributed by atoms with van der Waals surface area (Å²) in [5, 5.41) is 3.03. The van der Waals surface area contributed by atoms with Crippen LogP contribution in [0.2, 0.25) is 0 Å². The summed E-state index contributed by atoms with van der Waals surface area (Å²) in [6, 6.07) is 5.96. The summed E-state index contributed by atoms with van der Waals surface area (Å²) in [4.78, 5) is 14.3. The molecule has 1 aromatic rings. The molecule has 0 radical (unpaired) electrons. The largest absolute Gasteiger partial charge is 0.493 e. The number of hydrogen-bond donors (Lipinski definition) is 2. The van der Waals surface area contributed by atoms with Crippen LogP contribution in [0.3, 0.4) is 0 Å². The zero-order chi connectivity index (χ0) is 18.1. The van der Waals surface area contributed by atoms with E-state index in [2.05, 4.69) is 10.2 Å². The molecule has 0 aliphatic carbocycles. The lowest BCUT2D eigenvalue weighted by Crippen LogP contribution is -2.43. The second-order valence-corrected chi connectivity index (χ2v) is 5.97. The highest BCUT2D eigenvalue weighted by Crippen LogP contribution is 2.32. The summed E-state index contributed by atoms with van der Waals surface area (Å²) in [6.45, 7) is 4.13. The minimum Gasteiger partial charge on any atom is -0.493 e. The van der Waals surface area contributed by atoms with Gasteiger partial charge in [-0.1, -0.05) is 6.07 Å². The average molecular weight is 351 g/mol. The second kappa shape index (κ2) is 10.2. The lowest BCUT2D eigenvalue weighted by Gasteiger charge is -2.35. The highest BCUT2D eigenvalue weighted by molar-refractivity contribution is 5.75. The van der Waals surface area contributed by atoms with Crippen LogP contribution in [-0.4, -0.2) is 64.4 Å². The van der Waals surface area contributed by atoms with E-state index in [9.17, 15) is 4.79 Å². The third kappa shape index (κ3) is 5.59. The molecule has 1 aliphatic rings. The maximum atomic E-state index is 12.0. The van der Waals surface area contributed by atoms with Gasteiger partial charge >= 0.3 is 0 Å². The van der Waals surface area contributed by atoms with Crippen molar-refractivity contribution in [3.05, 3.63) is 23.8 Å². The Morgan fingerprint density at radius 1 is 1.28 bits per heavy atom. The van der Waals surface area contributed by atoms with Crippen molar-refractivity contribution >= 4 is 5.91 Å². The summed E-state index contributed by atoms with van der Waals surface area (Å²) in [6.07, 6.45) is 1.16. The van der Waals surface area contributed by atoms with Crippen LogP contribution in [0.25, 0.3) is 0 Å². The van der Waals surface area contributed by atoms with Crippen molar-refractivity contribution in [3.63, 3.8) is 0 Å². The highest BCUT2D eigenvalue weighted by atomic mass is 16.5. The first kappa shape index (κ1) is 19.5. The molecule has 1 heterocycles. The van der Waals surface area contributed by atoms with Gasteiger partial charge in [0.25, 0.3) is 0 Å². The van der Waals surface area contributed by atoms with Crippen molar-refractivity contribution in [2.45, 2.75) is 18.9 Å². The van der Waals surface area contributed by atoms with Gasteiger partial charge < -0.3 is 25.3 Å². The molecule has 25 heavy (non-hydrogen) atoms. The SMILES string of the molecule is COc1ccc(C(CNC(=O)CCCN)N2CCOCC2)cc1OC. The van der Waals surface area contributed by atoms with Crippen molar-refractivity contribution < 1.29 is 19.0 Å². The van der Waals surface area contributed by atoms with Crippen LogP contribution >= 0.6 is 0 Å². The average Bonchev–Trinajstić information content (AvgIpc) is 2.67. The van der Waals surface area contributed by atoms with Crippen LogP contribution in [0.4, 0.5) is 0 Å². The van der Waals surface area contributed by atoms with Crippen molar-refractivity contribution in [1.82, 2.24) is 10.2 Å². The van der Waals surface area contributed by atoms with Gasteiger partial charge in [-0.05, 0) is 30.7 Å². The van der Waals surface area contributed by atoms with E-state index in [1.54, 1.807) is 14.2 Å². The monoisotopic (exact) mass is 351 g/mol. The van der Waals surface area contributed by atoms with Crippen molar-refractivity contribution in [3.8, 4) is 11.5 Å². The maximum Gasteiger partial charge on any atom is 0.220 e. The lowest BCUT2D eigenvalue weighted by atomic mass is 10.0. The number of ether oxygens (including phenoxy) is 3. The number of nitrogens with zero attached hydrogens (tertiary/aromatic N) is 1. The standard InChI is InChI=1S/C18H29N3O4/c1-23-16-6-5-14(12-17(16)24-2)15(21-8-10-25-11-9-21)13-20-18(22)4-3-7-19/h5-6,12,15H,3-4,7-11,13,19H2,1-2H3,(H,20,22). The molecule has 0 saturated carbocycles. The fraction of sp³-hybridized carbons (Fsp3) is 0.611. The van der Waals surface area contributed by atoms with Gasteiger partial charge in [-0.2, -0.15) is 0 Å². The maximum absolute atomic E-state index is 12.0. The van der Waals surface area contributed by atoms with E-state index in [1.165, 1.54) is 0 Å². The molecule has 3 N–H and O–H groups in total. The van der Waals surface area contributed by atoms with Gasteiger partial charge in [0.1, 0.15) is 0 Å². The minimum absolute atomic E-state index is 0.0317. The Morgan fingerprint density at radius 2 is 2.00 bits per heavy atom. The molecule has 1 fully saturated rings. The van der Waals surface area contributed by atoms with E-state index in [-0.39, 0.29) is 11.9 Å². The van der Waals surface area contributed by atoms with Gasteiger partial charge in [0.2, 0.25) is 5.91 Å². The number of morpholine rings is 1. The predicted octanol–water partition coefficient (Wildman–Crippen LogP) is 0.932. The van der Waals surface area contributed by atoms with Gasteiger partial charge in [0.05, 0.1) is 33.5 Å². The number of amides is 1. The van der Waals surface area contributed by atoms with Gasteiger partial charge in [0, 0.05) is 26.1 Å². The smallest absolute Gasteiger partial charge is 0.220 e. The lowest BCUT2D eigenvalue weighted by molar-refractivity contribution is -0.121. The van der Waals surface area contributed by atoms with Crippen LogP contribution in [0.5, 0.6) is 11.5 Å². The molecule has 7 nitrogen and oxygen atoms in total. The molecule has 0 bridgehead atoms. The molecule has 1 aromatic carbocycles. The Labute approximate surface area is 149 Å². The third-order valence-corrected chi connectivity index (χ3v) is 4.38. The van der Waals surface area contributed by atoms with E-state index in [0.717, 1.165) is 18.7 Å². The molecule has 2 rings (SSSR count). The number of benzene rings is 1. The molecular weight excluding hydrogens is 322 g/mol. The number of nitrogens with two attached hydrogens (primary N) is 1. The Bertz CT molecular complexity index is 547. The van der Waals surface area contributed by atoms with E-state index in [0.29, 0.717) is 50.6 Å². The number of hydrogen-bond acceptors (Lipinski definition) is 6. The number of methoxy groups -OCH3 is 2. The van der Waals surface area contributed by atoms with Crippen molar-refractivity contribution in [2.24, 2.45) is 5.73 Å². The Balaban J connectivity index is 2.14. The van der Waals surface area contributed by atoms with Crippen LogP contribution in [0.15, 0.2) is 18.2 Å². The summed E-state index contributed by atoms with van der Waals surface area (Å²) >= 11 is 0. The van der Waals surface area contributed by atoms with E-state index >= 15 is 0 Å². The Morgan fingerprint density at radius 3 is 2.64 bits per heavy atom. The first-order valence-corrected chi connectivity index (χ1v) is 8.70. The van der Waals surface area contributed by atoms with Crippen LogP contribution in [-0.2, 0) is 9.53 Å². The molecule has 1 unspecified atom stereocenters. The molecule has 7 heteroatoms. The normalized spacial score (nSPS) is 16.3. The molecule has 140 valence electrons. The van der Waals surface area contributed by atoms with Crippen molar-refractivity contribution in [1.29, 1.82) is 0 Å². The second-order valence-electron chi connectivity index (χ2n) is 5.97. The van der Waals surface area contributed by atoms with Gasteiger partial charge in [-0.25, -0.2) is 0 Å². The first-order valence-electron chi connectivity index (χ1n) is 8.70. The molecule has 0 spiro atoms. The first-order chi connectivity index (χ1) is 12.2. The van der Waals surface area contributed by atoms with E-state index < -0.39 is 0 Å². The van der Waals surface area contributed by atoms with Gasteiger partial charge in [-0.15, -0.1) is 0 Å². The zero-order valence-corrected chi connectivity index (χ0v) is 15.1. The fourth-order valence-corrected chi connectivity index (χ4v) is 2.97. The molecule has 1 amide bonds.